The van der Waals surface area contributed by atoms with E-state index in [1.54, 1.807) is 11.3 Å². The van der Waals surface area contributed by atoms with Gasteiger partial charge in [0, 0.05) is 17.3 Å². The minimum Gasteiger partial charge on any atom is -0.422 e. The van der Waals surface area contributed by atoms with E-state index in [2.05, 4.69) is 16.3 Å². The van der Waals surface area contributed by atoms with Crippen molar-refractivity contribution in [2.75, 3.05) is 19.7 Å². The maximum atomic E-state index is 12.8. The lowest BCUT2D eigenvalue weighted by Gasteiger charge is -2.31. The predicted octanol–water partition coefficient (Wildman–Crippen LogP) is 2.96. The van der Waals surface area contributed by atoms with Gasteiger partial charge in [-0.2, -0.15) is 0 Å². The molecule has 2 aromatic heterocycles. The van der Waals surface area contributed by atoms with Crippen molar-refractivity contribution in [1.29, 1.82) is 0 Å². The van der Waals surface area contributed by atoms with Crippen LogP contribution in [-0.2, 0) is 17.6 Å². The van der Waals surface area contributed by atoms with Crippen LogP contribution in [0, 0.1) is 0 Å². The number of thiophene rings is 1. The number of amides is 1. The van der Waals surface area contributed by atoms with Gasteiger partial charge in [0.25, 0.3) is 5.91 Å². The SMILES string of the molecule is CC(C)c1nnc(C2CN(C(=O)c3cc4c(s3)CCC4)CCO2)o1. The molecule has 3 heterocycles. The molecular formula is C17H21N3O3S. The fourth-order valence-electron chi connectivity index (χ4n) is 3.18. The highest BCUT2D eigenvalue weighted by Gasteiger charge is 2.31. The lowest BCUT2D eigenvalue weighted by atomic mass is 10.2. The first-order valence-electron chi connectivity index (χ1n) is 8.47. The molecule has 1 atom stereocenters. The molecule has 0 bridgehead atoms. The zero-order valence-corrected chi connectivity index (χ0v) is 14.8. The van der Waals surface area contributed by atoms with Gasteiger partial charge in [0.2, 0.25) is 11.8 Å². The van der Waals surface area contributed by atoms with Crippen LogP contribution in [0.4, 0.5) is 0 Å². The Hall–Kier alpha value is -1.73. The Kier molecular flexibility index (Phi) is 4.14. The van der Waals surface area contributed by atoms with E-state index >= 15 is 0 Å². The largest absolute Gasteiger partial charge is 0.422 e. The Morgan fingerprint density at radius 2 is 2.25 bits per heavy atom. The minimum atomic E-state index is -0.338. The lowest BCUT2D eigenvalue weighted by Crippen LogP contribution is -2.42. The highest BCUT2D eigenvalue weighted by molar-refractivity contribution is 7.14. The summed E-state index contributed by atoms with van der Waals surface area (Å²) in [5.74, 6) is 1.34. The number of ether oxygens (including phenoxy) is 1. The standard InChI is InChI=1S/C17H21N3O3S/c1-10(2)15-18-19-16(23-15)12-9-20(6-7-22-12)17(21)14-8-11-4-3-5-13(11)24-14/h8,10,12H,3-7,9H2,1-2H3. The summed E-state index contributed by atoms with van der Waals surface area (Å²) in [6, 6.07) is 2.07. The molecule has 4 rings (SSSR count). The van der Waals surface area contributed by atoms with Gasteiger partial charge in [-0.25, -0.2) is 0 Å². The number of hydrogen-bond donors (Lipinski definition) is 0. The van der Waals surface area contributed by atoms with E-state index in [0.29, 0.717) is 31.5 Å². The number of fused-ring (bicyclic) bond motifs is 1. The third kappa shape index (κ3) is 2.86. The van der Waals surface area contributed by atoms with Gasteiger partial charge in [0.1, 0.15) is 0 Å². The van der Waals surface area contributed by atoms with E-state index in [9.17, 15) is 4.79 Å². The number of nitrogens with zero attached hydrogens (tertiary/aromatic N) is 3. The van der Waals surface area contributed by atoms with Gasteiger partial charge in [-0.15, -0.1) is 21.5 Å². The Morgan fingerprint density at radius 1 is 1.38 bits per heavy atom. The van der Waals surface area contributed by atoms with Crippen LogP contribution < -0.4 is 0 Å². The van der Waals surface area contributed by atoms with Crippen LogP contribution in [0.5, 0.6) is 0 Å². The molecule has 6 nitrogen and oxygen atoms in total. The van der Waals surface area contributed by atoms with Crippen molar-refractivity contribution in [3.05, 3.63) is 33.2 Å². The predicted molar refractivity (Wildman–Crippen MR) is 89.3 cm³/mol. The summed E-state index contributed by atoms with van der Waals surface area (Å²) in [6.45, 7) is 5.56. The fourth-order valence-corrected chi connectivity index (χ4v) is 4.40. The summed E-state index contributed by atoms with van der Waals surface area (Å²) in [5, 5.41) is 8.15. The second kappa shape index (κ2) is 6.29. The second-order valence-electron chi connectivity index (χ2n) is 6.66. The van der Waals surface area contributed by atoms with E-state index in [1.165, 1.54) is 16.9 Å². The topological polar surface area (TPSA) is 68.5 Å². The molecule has 1 aliphatic carbocycles. The fraction of sp³-hybridized carbons (Fsp3) is 0.588. The number of carbonyl (C=O) groups is 1. The van der Waals surface area contributed by atoms with Gasteiger partial charge >= 0.3 is 0 Å². The molecule has 0 spiro atoms. The van der Waals surface area contributed by atoms with Crippen molar-refractivity contribution in [2.45, 2.75) is 45.1 Å². The van der Waals surface area contributed by atoms with Crippen LogP contribution in [0.25, 0.3) is 0 Å². The summed E-state index contributed by atoms with van der Waals surface area (Å²) >= 11 is 1.65. The van der Waals surface area contributed by atoms with Crippen molar-refractivity contribution < 1.29 is 13.9 Å². The van der Waals surface area contributed by atoms with Crippen molar-refractivity contribution in [3.63, 3.8) is 0 Å². The molecule has 0 radical (unpaired) electrons. The smallest absolute Gasteiger partial charge is 0.264 e. The van der Waals surface area contributed by atoms with Crippen LogP contribution >= 0.6 is 11.3 Å². The van der Waals surface area contributed by atoms with Gasteiger partial charge in [-0.1, -0.05) is 13.8 Å². The average Bonchev–Trinajstić information content (AvgIpc) is 3.29. The van der Waals surface area contributed by atoms with Gasteiger partial charge in [0.05, 0.1) is 18.0 Å². The number of hydrogen-bond acceptors (Lipinski definition) is 6. The minimum absolute atomic E-state index is 0.0892. The van der Waals surface area contributed by atoms with Crippen molar-refractivity contribution in [1.82, 2.24) is 15.1 Å². The molecule has 2 aliphatic rings. The summed E-state index contributed by atoms with van der Waals surface area (Å²) in [6.07, 6.45) is 3.09. The van der Waals surface area contributed by atoms with E-state index in [-0.39, 0.29) is 17.9 Å². The average molecular weight is 347 g/mol. The van der Waals surface area contributed by atoms with Crippen molar-refractivity contribution in [2.24, 2.45) is 0 Å². The Bertz CT molecular complexity index is 731. The van der Waals surface area contributed by atoms with Gasteiger partial charge < -0.3 is 14.1 Å². The normalized spacial score (nSPS) is 20.6. The molecule has 24 heavy (non-hydrogen) atoms. The first kappa shape index (κ1) is 15.8. The molecular weight excluding hydrogens is 326 g/mol. The van der Waals surface area contributed by atoms with Crippen LogP contribution in [-0.4, -0.2) is 40.7 Å². The van der Waals surface area contributed by atoms with E-state index in [4.69, 9.17) is 9.15 Å². The highest BCUT2D eigenvalue weighted by Crippen LogP contribution is 2.32. The molecule has 2 aromatic rings. The second-order valence-corrected chi connectivity index (χ2v) is 7.79. The first-order valence-corrected chi connectivity index (χ1v) is 9.29. The van der Waals surface area contributed by atoms with Gasteiger partial charge in [-0.3, -0.25) is 4.79 Å². The molecule has 1 amide bonds. The first-order chi connectivity index (χ1) is 11.6. The van der Waals surface area contributed by atoms with Crippen molar-refractivity contribution in [3.8, 4) is 0 Å². The number of aromatic nitrogens is 2. The van der Waals surface area contributed by atoms with Gasteiger partial charge in [0.15, 0.2) is 6.10 Å². The molecule has 1 aliphatic heterocycles. The molecule has 128 valence electrons. The monoisotopic (exact) mass is 347 g/mol. The van der Waals surface area contributed by atoms with Gasteiger partial charge in [-0.05, 0) is 30.9 Å². The maximum Gasteiger partial charge on any atom is 0.264 e. The third-order valence-corrected chi connectivity index (χ3v) is 5.76. The Morgan fingerprint density at radius 3 is 3.00 bits per heavy atom. The van der Waals surface area contributed by atoms with Crippen LogP contribution in [0.1, 0.15) is 64.2 Å². The molecule has 7 heteroatoms. The molecule has 0 aromatic carbocycles. The summed E-state index contributed by atoms with van der Waals surface area (Å²) in [7, 11) is 0. The maximum absolute atomic E-state index is 12.8. The van der Waals surface area contributed by atoms with Crippen molar-refractivity contribution >= 4 is 17.2 Å². The molecule has 1 saturated heterocycles. The highest BCUT2D eigenvalue weighted by atomic mass is 32.1. The number of rotatable bonds is 3. The molecule has 1 fully saturated rings. The molecule has 0 saturated carbocycles. The van der Waals surface area contributed by atoms with Crippen LogP contribution in [0.15, 0.2) is 10.5 Å². The Balaban J connectivity index is 1.48. The Labute approximate surface area is 144 Å². The molecule has 0 N–H and O–H groups in total. The van der Waals surface area contributed by atoms with E-state index in [1.807, 2.05) is 18.7 Å². The zero-order valence-electron chi connectivity index (χ0n) is 13.9. The third-order valence-electron chi connectivity index (χ3n) is 4.54. The summed E-state index contributed by atoms with van der Waals surface area (Å²) in [5.41, 5.74) is 1.35. The van der Waals surface area contributed by atoms with E-state index in [0.717, 1.165) is 17.7 Å². The lowest BCUT2D eigenvalue weighted by molar-refractivity contribution is -0.0349. The quantitative estimate of drug-likeness (QED) is 0.854. The number of morpholine rings is 1. The molecule has 1 unspecified atom stereocenters. The van der Waals surface area contributed by atoms with Crippen LogP contribution in [0.2, 0.25) is 0 Å². The number of aryl methyl sites for hydroxylation is 2. The summed E-state index contributed by atoms with van der Waals surface area (Å²) < 4.78 is 11.4. The van der Waals surface area contributed by atoms with E-state index < -0.39 is 0 Å². The zero-order chi connectivity index (χ0) is 16.7. The summed E-state index contributed by atoms with van der Waals surface area (Å²) in [4.78, 5) is 16.9. The number of carbonyl (C=O) groups excluding carboxylic acids is 1. The van der Waals surface area contributed by atoms with Crippen LogP contribution in [0.3, 0.4) is 0 Å².